The van der Waals surface area contributed by atoms with Crippen molar-refractivity contribution in [2.45, 2.75) is 31.8 Å². The summed E-state index contributed by atoms with van der Waals surface area (Å²) in [5.74, 6) is 0.777. The zero-order valence-corrected chi connectivity index (χ0v) is 16.4. The van der Waals surface area contributed by atoms with Crippen LogP contribution in [0, 0.1) is 0 Å². The lowest BCUT2D eigenvalue weighted by Crippen LogP contribution is -2.21. The molecular formula is C22H22ClN3O2. The van der Waals surface area contributed by atoms with Gasteiger partial charge in [-0.05, 0) is 36.5 Å². The average Bonchev–Trinajstić information content (AvgIpc) is 3.02. The van der Waals surface area contributed by atoms with E-state index in [9.17, 15) is 4.79 Å². The van der Waals surface area contributed by atoms with E-state index in [-0.39, 0.29) is 5.91 Å². The van der Waals surface area contributed by atoms with Crippen LogP contribution >= 0.6 is 11.6 Å². The van der Waals surface area contributed by atoms with E-state index >= 15 is 0 Å². The molecule has 0 bridgehead atoms. The van der Waals surface area contributed by atoms with Gasteiger partial charge in [0.1, 0.15) is 18.1 Å². The van der Waals surface area contributed by atoms with Crippen LogP contribution in [0.2, 0.25) is 5.02 Å². The van der Waals surface area contributed by atoms with Crippen molar-refractivity contribution in [3.05, 3.63) is 76.6 Å². The second-order valence-corrected chi connectivity index (χ2v) is 7.51. The van der Waals surface area contributed by atoms with E-state index in [1.54, 1.807) is 29.9 Å². The molecule has 1 aliphatic carbocycles. The van der Waals surface area contributed by atoms with Gasteiger partial charge in [0.2, 0.25) is 0 Å². The molecule has 1 N–H and O–H groups in total. The van der Waals surface area contributed by atoms with E-state index < -0.39 is 0 Å². The first-order valence-corrected chi connectivity index (χ1v) is 9.79. The second kappa shape index (κ2) is 8.07. The molecule has 4 rings (SSSR count). The van der Waals surface area contributed by atoms with Crippen molar-refractivity contribution >= 4 is 23.2 Å². The van der Waals surface area contributed by atoms with Crippen molar-refractivity contribution in [2.75, 3.05) is 5.32 Å². The van der Waals surface area contributed by atoms with Crippen molar-refractivity contribution in [2.24, 2.45) is 7.05 Å². The molecule has 0 atom stereocenters. The molecule has 0 aliphatic heterocycles. The van der Waals surface area contributed by atoms with Crippen LogP contribution in [0.5, 0.6) is 5.75 Å². The molecule has 2 aromatic carbocycles. The number of anilines is 1. The van der Waals surface area contributed by atoms with Gasteiger partial charge in [-0.3, -0.25) is 9.48 Å². The molecule has 1 aromatic heterocycles. The highest BCUT2D eigenvalue weighted by molar-refractivity contribution is 6.30. The molecule has 28 heavy (non-hydrogen) atoms. The van der Waals surface area contributed by atoms with Gasteiger partial charge < -0.3 is 10.1 Å². The van der Waals surface area contributed by atoms with Crippen molar-refractivity contribution in [1.82, 2.24) is 9.78 Å². The SMILES string of the molecule is Cn1ncc(C2CCC2)c1C(=O)Nc1ccc(Cl)cc1OCc1ccccc1. The number of rotatable bonds is 6. The zero-order chi connectivity index (χ0) is 19.5. The number of halogens is 1. The zero-order valence-electron chi connectivity index (χ0n) is 15.7. The lowest BCUT2D eigenvalue weighted by Gasteiger charge is -2.25. The molecule has 1 heterocycles. The molecule has 1 amide bonds. The summed E-state index contributed by atoms with van der Waals surface area (Å²) in [5, 5.41) is 7.83. The molecule has 0 radical (unpaired) electrons. The van der Waals surface area contributed by atoms with E-state index in [1.807, 2.05) is 36.5 Å². The standard InChI is InChI=1S/C22H22ClN3O2/c1-26-21(18(13-24-26)16-8-5-9-16)22(27)25-19-11-10-17(23)12-20(19)28-14-15-6-3-2-4-7-15/h2-4,6-7,10-13,16H,5,8-9,14H2,1H3,(H,25,27). The molecule has 144 valence electrons. The van der Waals surface area contributed by atoms with Crippen LogP contribution in [-0.2, 0) is 13.7 Å². The van der Waals surface area contributed by atoms with Crippen molar-refractivity contribution in [3.63, 3.8) is 0 Å². The Morgan fingerprint density at radius 2 is 2.04 bits per heavy atom. The summed E-state index contributed by atoms with van der Waals surface area (Å²) in [7, 11) is 1.80. The normalized spacial score (nSPS) is 13.8. The average molecular weight is 396 g/mol. The third-order valence-corrected chi connectivity index (χ3v) is 5.39. The monoisotopic (exact) mass is 395 g/mol. The topological polar surface area (TPSA) is 56.2 Å². The number of carbonyl (C=O) groups is 1. The smallest absolute Gasteiger partial charge is 0.274 e. The number of hydrogen-bond donors (Lipinski definition) is 1. The van der Waals surface area contributed by atoms with Crippen molar-refractivity contribution in [3.8, 4) is 5.75 Å². The van der Waals surface area contributed by atoms with Crippen LogP contribution in [0.1, 0.15) is 46.8 Å². The fraction of sp³-hybridized carbons (Fsp3) is 0.273. The van der Waals surface area contributed by atoms with E-state index in [2.05, 4.69) is 10.4 Å². The number of nitrogens with zero attached hydrogens (tertiary/aromatic N) is 2. The number of aryl methyl sites for hydroxylation is 1. The summed E-state index contributed by atoms with van der Waals surface area (Å²) in [6, 6.07) is 15.1. The summed E-state index contributed by atoms with van der Waals surface area (Å²) in [5.41, 5.74) is 3.25. The molecule has 0 unspecified atom stereocenters. The van der Waals surface area contributed by atoms with Crippen LogP contribution in [0.3, 0.4) is 0 Å². The summed E-state index contributed by atoms with van der Waals surface area (Å²) >= 11 is 6.15. The molecule has 1 aliphatic rings. The van der Waals surface area contributed by atoms with Gasteiger partial charge in [0.25, 0.3) is 5.91 Å². The van der Waals surface area contributed by atoms with E-state index in [4.69, 9.17) is 16.3 Å². The Balaban J connectivity index is 1.55. The highest BCUT2D eigenvalue weighted by Crippen LogP contribution is 2.38. The molecule has 0 spiro atoms. The molecule has 1 fully saturated rings. The fourth-order valence-corrected chi connectivity index (χ4v) is 3.55. The Hall–Kier alpha value is -2.79. The summed E-state index contributed by atoms with van der Waals surface area (Å²) in [6.45, 7) is 0.392. The Labute approximate surface area is 169 Å². The van der Waals surface area contributed by atoms with Gasteiger partial charge >= 0.3 is 0 Å². The van der Waals surface area contributed by atoms with Gasteiger partial charge in [0.15, 0.2) is 0 Å². The summed E-state index contributed by atoms with van der Waals surface area (Å²) in [4.78, 5) is 13.0. The van der Waals surface area contributed by atoms with Gasteiger partial charge in [0, 0.05) is 23.7 Å². The number of hydrogen-bond acceptors (Lipinski definition) is 3. The summed E-state index contributed by atoms with van der Waals surface area (Å²) < 4.78 is 7.58. The molecule has 6 heteroatoms. The lowest BCUT2D eigenvalue weighted by atomic mass is 9.80. The minimum absolute atomic E-state index is 0.186. The van der Waals surface area contributed by atoms with E-state index in [0.29, 0.717) is 34.7 Å². The van der Waals surface area contributed by atoms with Crippen molar-refractivity contribution in [1.29, 1.82) is 0 Å². The van der Waals surface area contributed by atoms with Crippen LogP contribution in [-0.4, -0.2) is 15.7 Å². The number of amides is 1. The number of benzene rings is 2. The molecule has 0 saturated heterocycles. The second-order valence-electron chi connectivity index (χ2n) is 7.07. The number of aromatic nitrogens is 2. The largest absolute Gasteiger partial charge is 0.487 e. The minimum Gasteiger partial charge on any atom is -0.487 e. The predicted molar refractivity (Wildman–Crippen MR) is 110 cm³/mol. The van der Waals surface area contributed by atoms with Gasteiger partial charge in [0.05, 0.1) is 11.9 Å². The van der Waals surface area contributed by atoms with Crippen LogP contribution in [0.15, 0.2) is 54.7 Å². The molecule has 1 saturated carbocycles. The lowest BCUT2D eigenvalue weighted by molar-refractivity contribution is 0.101. The Kier molecular flexibility index (Phi) is 5.35. The number of ether oxygens (including phenoxy) is 1. The highest BCUT2D eigenvalue weighted by atomic mass is 35.5. The van der Waals surface area contributed by atoms with E-state index in [1.165, 1.54) is 6.42 Å². The third kappa shape index (κ3) is 3.90. The maximum atomic E-state index is 13.0. The third-order valence-electron chi connectivity index (χ3n) is 5.16. The summed E-state index contributed by atoms with van der Waals surface area (Å²) in [6.07, 6.45) is 5.24. The van der Waals surface area contributed by atoms with Crippen LogP contribution in [0.25, 0.3) is 0 Å². The van der Waals surface area contributed by atoms with Gasteiger partial charge in [-0.2, -0.15) is 5.10 Å². The van der Waals surface area contributed by atoms with Crippen molar-refractivity contribution < 1.29 is 9.53 Å². The number of nitrogens with one attached hydrogen (secondary N) is 1. The first kappa shape index (κ1) is 18.6. The molecule has 5 nitrogen and oxygen atoms in total. The molecular weight excluding hydrogens is 374 g/mol. The van der Waals surface area contributed by atoms with Gasteiger partial charge in [-0.25, -0.2) is 0 Å². The number of carbonyl (C=O) groups excluding carboxylic acids is 1. The minimum atomic E-state index is -0.186. The van der Waals surface area contributed by atoms with Gasteiger partial charge in [-0.15, -0.1) is 0 Å². The maximum absolute atomic E-state index is 13.0. The van der Waals surface area contributed by atoms with Crippen LogP contribution in [0.4, 0.5) is 5.69 Å². The Bertz CT molecular complexity index is 981. The van der Waals surface area contributed by atoms with E-state index in [0.717, 1.165) is 24.0 Å². The van der Waals surface area contributed by atoms with Crippen LogP contribution < -0.4 is 10.1 Å². The maximum Gasteiger partial charge on any atom is 0.274 e. The fourth-order valence-electron chi connectivity index (χ4n) is 3.39. The first-order chi connectivity index (χ1) is 13.6. The predicted octanol–water partition coefficient (Wildman–Crippen LogP) is 5.17. The Morgan fingerprint density at radius 3 is 2.75 bits per heavy atom. The highest BCUT2D eigenvalue weighted by Gasteiger charge is 2.28. The van der Waals surface area contributed by atoms with Gasteiger partial charge in [-0.1, -0.05) is 48.4 Å². The molecule has 3 aromatic rings. The Morgan fingerprint density at radius 1 is 1.25 bits per heavy atom. The quantitative estimate of drug-likeness (QED) is 0.626. The first-order valence-electron chi connectivity index (χ1n) is 9.41.